The van der Waals surface area contributed by atoms with E-state index in [-0.39, 0.29) is 18.0 Å². The highest BCUT2D eigenvalue weighted by molar-refractivity contribution is 5.95. The Balaban J connectivity index is 1.38. The SMILES string of the molecule is O=C(CN1CCCC(N2CCCC2)C1)NC(=O)NC1CCCCC1. The van der Waals surface area contributed by atoms with Gasteiger partial charge in [0, 0.05) is 18.6 Å². The van der Waals surface area contributed by atoms with E-state index < -0.39 is 0 Å². The predicted octanol–water partition coefficient (Wildman–Crippen LogP) is 1.71. The molecule has 1 saturated carbocycles. The number of nitrogens with one attached hydrogen (secondary N) is 2. The number of amides is 3. The number of likely N-dealkylation sites (tertiary alicyclic amines) is 2. The molecule has 2 heterocycles. The fraction of sp³-hybridized carbons (Fsp3) is 0.889. The van der Waals surface area contributed by atoms with Crippen molar-refractivity contribution in [3.05, 3.63) is 0 Å². The van der Waals surface area contributed by atoms with Crippen molar-refractivity contribution in [2.24, 2.45) is 0 Å². The minimum atomic E-state index is -0.319. The summed E-state index contributed by atoms with van der Waals surface area (Å²) in [6.07, 6.45) is 10.6. The summed E-state index contributed by atoms with van der Waals surface area (Å²) in [6, 6.07) is 0.506. The highest BCUT2D eigenvalue weighted by atomic mass is 16.2. The summed E-state index contributed by atoms with van der Waals surface area (Å²) < 4.78 is 0. The number of piperidine rings is 1. The number of hydrogen-bond donors (Lipinski definition) is 2. The molecule has 24 heavy (non-hydrogen) atoms. The Morgan fingerprint density at radius 1 is 0.875 bits per heavy atom. The standard InChI is InChI=1S/C18H32N4O2/c23-17(20-18(24)19-15-7-2-1-3-8-15)14-21-10-6-9-16(13-21)22-11-4-5-12-22/h15-16H,1-14H2,(H2,19,20,23,24). The van der Waals surface area contributed by atoms with Crippen molar-refractivity contribution >= 4 is 11.9 Å². The van der Waals surface area contributed by atoms with Crippen LogP contribution in [0.15, 0.2) is 0 Å². The maximum atomic E-state index is 12.2. The van der Waals surface area contributed by atoms with Gasteiger partial charge < -0.3 is 5.32 Å². The summed E-state index contributed by atoms with van der Waals surface area (Å²) >= 11 is 0. The molecule has 0 aromatic rings. The summed E-state index contributed by atoms with van der Waals surface area (Å²) in [5, 5.41) is 5.46. The first-order chi connectivity index (χ1) is 11.7. The van der Waals surface area contributed by atoms with Crippen LogP contribution in [0.4, 0.5) is 4.79 Å². The Morgan fingerprint density at radius 3 is 2.38 bits per heavy atom. The Morgan fingerprint density at radius 2 is 1.62 bits per heavy atom. The van der Waals surface area contributed by atoms with E-state index in [0.717, 1.165) is 32.4 Å². The van der Waals surface area contributed by atoms with E-state index in [1.807, 2.05) is 0 Å². The van der Waals surface area contributed by atoms with Crippen molar-refractivity contribution in [3.8, 4) is 0 Å². The van der Waals surface area contributed by atoms with Crippen LogP contribution >= 0.6 is 0 Å². The number of imide groups is 1. The van der Waals surface area contributed by atoms with Crippen molar-refractivity contribution < 1.29 is 9.59 Å². The first-order valence-electron chi connectivity index (χ1n) is 9.77. The van der Waals surface area contributed by atoms with Crippen molar-refractivity contribution in [1.29, 1.82) is 0 Å². The lowest BCUT2D eigenvalue weighted by atomic mass is 9.96. The van der Waals surface area contributed by atoms with Gasteiger partial charge >= 0.3 is 6.03 Å². The molecule has 0 radical (unpaired) electrons. The quantitative estimate of drug-likeness (QED) is 0.820. The molecule has 3 amide bonds. The normalized spacial score (nSPS) is 27.1. The number of urea groups is 1. The van der Waals surface area contributed by atoms with Crippen LogP contribution in [0.2, 0.25) is 0 Å². The summed E-state index contributed by atoms with van der Waals surface area (Å²) in [4.78, 5) is 28.9. The van der Waals surface area contributed by atoms with Crippen LogP contribution in [-0.4, -0.2) is 66.5 Å². The van der Waals surface area contributed by atoms with Crippen LogP contribution < -0.4 is 10.6 Å². The second-order valence-corrected chi connectivity index (χ2v) is 7.63. The molecule has 1 unspecified atom stereocenters. The second-order valence-electron chi connectivity index (χ2n) is 7.63. The molecule has 3 fully saturated rings. The monoisotopic (exact) mass is 336 g/mol. The fourth-order valence-corrected chi connectivity index (χ4v) is 4.42. The molecule has 3 aliphatic rings. The molecule has 3 rings (SSSR count). The van der Waals surface area contributed by atoms with Crippen molar-refractivity contribution in [3.63, 3.8) is 0 Å². The minimum absolute atomic E-state index is 0.176. The molecular formula is C18H32N4O2. The third-order valence-electron chi connectivity index (χ3n) is 5.70. The van der Waals surface area contributed by atoms with Gasteiger partial charge in [0.1, 0.15) is 0 Å². The molecule has 0 aromatic carbocycles. The molecule has 2 saturated heterocycles. The Kier molecular flexibility index (Phi) is 6.49. The zero-order chi connectivity index (χ0) is 16.8. The number of nitrogens with zero attached hydrogens (tertiary/aromatic N) is 2. The Labute approximate surface area is 145 Å². The molecule has 6 nitrogen and oxygen atoms in total. The van der Waals surface area contributed by atoms with Gasteiger partial charge in [0.25, 0.3) is 0 Å². The zero-order valence-corrected chi connectivity index (χ0v) is 14.8. The van der Waals surface area contributed by atoms with Gasteiger partial charge in [-0.3, -0.25) is 19.9 Å². The summed E-state index contributed by atoms with van der Waals surface area (Å²) in [7, 11) is 0. The molecule has 1 aliphatic carbocycles. The van der Waals surface area contributed by atoms with Crippen LogP contribution in [-0.2, 0) is 4.79 Å². The first kappa shape index (κ1) is 17.7. The van der Waals surface area contributed by atoms with E-state index in [9.17, 15) is 9.59 Å². The fourth-order valence-electron chi connectivity index (χ4n) is 4.42. The minimum Gasteiger partial charge on any atom is -0.335 e. The number of carbonyl (C=O) groups is 2. The third-order valence-corrected chi connectivity index (χ3v) is 5.70. The molecular weight excluding hydrogens is 304 g/mol. The smallest absolute Gasteiger partial charge is 0.321 e. The average Bonchev–Trinajstić information content (AvgIpc) is 3.10. The van der Waals surface area contributed by atoms with Gasteiger partial charge in [0.15, 0.2) is 0 Å². The van der Waals surface area contributed by atoms with Crippen molar-refractivity contribution in [2.45, 2.75) is 69.9 Å². The van der Waals surface area contributed by atoms with Crippen LogP contribution in [0.25, 0.3) is 0 Å². The lowest BCUT2D eigenvalue weighted by Gasteiger charge is -2.37. The van der Waals surface area contributed by atoms with Gasteiger partial charge in [0.2, 0.25) is 5.91 Å². The Hall–Kier alpha value is -1.14. The van der Waals surface area contributed by atoms with E-state index in [0.29, 0.717) is 12.6 Å². The van der Waals surface area contributed by atoms with Gasteiger partial charge in [-0.15, -0.1) is 0 Å². The molecule has 136 valence electrons. The lowest BCUT2D eigenvalue weighted by Crippen LogP contribution is -2.52. The van der Waals surface area contributed by atoms with E-state index >= 15 is 0 Å². The lowest BCUT2D eigenvalue weighted by molar-refractivity contribution is -0.121. The van der Waals surface area contributed by atoms with Crippen LogP contribution in [0, 0.1) is 0 Å². The molecule has 0 aromatic heterocycles. The van der Waals surface area contributed by atoms with E-state index in [1.54, 1.807) is 0 Å². The largest absolute Gasteiger partial charge is 0.335 e. The number of carbonyl (C=O) groups excluding carboxylic acids is 2. The van der Waals surface area contributed by atoms with Gasteiger partial charge in [-0.2, -0.15) is 0 Å². The average molecular weight is 336 g/mol. The molecule has 0 spiro atoms. The second kappa shape index (κ2) is 8.81. The highest BCUT2D eigenvalue weighted by Crippen LogP contribution is 2.20. The van der Waals surface area contributed by atoms with Crippen molar-refractivity contribution in [1.82, 2.24) is 20.4 Å². The predicted molar refractivity (Wildman–Crippen MR) is 93.8 cm³/mol. The zero-order valence-electron chi connectivity index (χ0n) is 14.8. The van der Waals surface area contributed by atoms with E-state index in [4.69, 9.17) is 0 Å². The topological polar surface area (TPSA) is 64.7 Å². The van der Waals surface area contributed by atoms with Gasteiger partial charge in [-0.25, -0.2) is 4.79 Å². The summed E-state index contributed by atoms with van der Waals surface area (Å²) in [5.74, 6) is -0.176. The molecule has 0 bridgehead atoms. The highest BCUT2D eigenvalue weighted by Gasteiger charge is 2.28. The molecule has 2 aliphatic heterocycles. The molecule has 6 heteroatoms. The summed E-state index contributed by atoms with van der Waals surface area (Å²) in [6.45, 7) is 4.66. The molecule has 2 N–H and O–H groups in total. The maximum absolute atomic E-state index is 12.2. The maximum Gasteiger partial charge on any atom is 0.321 e. The van der Waals surface area contributed by atoms with Gasteiger partial charge in [-0.05, 0) is 58.2 Å². The van der Waals surface area contributed by atoms with Crippen LogP contribution in [0.5, 0.6) is 0 Å². The van der Waals surface area contributed by atoms with Crippen LogP contribution in [0.1, 0.15) is 57.8 Å². The van der Waals surface area contributed by atoms with Gasteiger partial charge in [0.05, 0.1) is 6.54 Å². The summed E-state index contributed by atoms with van der Waals surface area (Å²) in [5.41, 5.74) is 0. The molecule has 1 atom stereocenters. The van der Waals surface area contributed by atoms with Gasteiger partial charge in [-0.1, -0.05) is 19.3 Å². The Bertz CT molecular complexity index is 431. The number of rotatable bonds is 4. The van der Waals surface area contributed by atoms with Crippen LogP contribution in [0.3, 0.4) is 0 Å². The van der Waals surface area contributed by atoms with E-state index in [1.165, 1.54) is 51.6 Å². The van der Waals surface area contributed by atoms with E-state index in [2.05, 4.69) is 20.4 Å². The van der Waals surface area contributed by atoms with Crippen molar-refractivity contribution in [2.75, 3.05) is 32.7 Å². The first-order valence-corrected chi connectivity index (χ1v) is 9.77. The number of hydrogen-bond acceptors (Lipinski definition) is 4. The third kappa shape index (κ3) is 5.18.